The molecule has 38 heavy (non-hydrogen) atoms. The molecular weight excluding hydrogens is 505 g/mol. The molecule has 0 radical (unpaired) electrons. The zero-order valence-electron chi connectivity index (χ0n) is 24.1. The predicted octanol–water partition coefficient (Wildman–Crippen LogP) is 7.77. The summed E-state index contributed by atoms with van der Waals surface area (Å²) in [6, 6.07) is 12.9. The van der Waals surface area contributed by atoms with Crippen molar-refractivity contribution in [2.24, 2.45) is 0 Å². The molecule has 7 heteroatoms. The van der Waals surface area contributed by atoms with Gasteiger partial charge in [0.15, 0.2) is 5.75 Å². The molecule has 2 saturated heterocycles. The number of rotatable bonds is 6. The summed E-state index contributed by atoms with van der Waals surface area (Å²) < 4.78 is 18.0. The Balaban J connectivity index is 0.000000883. The summed E-state index contributed by atoms with van der Waals surface area (Å²) in [5, 5.41) is 23.2. The molecule has 2 heterocycles. The Hall–Kier alpha value is -1.96. The highest BCUT2D eigenvalue weighted by atomic mass is 35.5. The lowest BCUT2D eigenvalue weighted by atomic mass is 9.94. The lowest BCUT2D eigenvalue weighted by Gasteiger charge is -2.32. The molecule has 2 aliphatic heterocycles. The van der Waals surface area contributed by atoms with E-state index in [1.54, 1.807) is 24.3 Å². The monoisotopic (exact) mass is 553 g/mol. The molecule has 0 saturated carbocycles. The molecular formula is C31H49ClFNO4. The molecule has 2 aromatic rings. The number of halogens is 2. The third-order valence-corrected chi connectivity index (χ3v) is 6.18. The van der Waals surface area contributed by atoms with E-state index in [1.807, 2.05) is 65.8 Å². The average molecular weight is 554 g/mol. The van der Waals surface area contributed by atoms with Crippen LogP contribution in [-0.4, -0.2) is 41.6 Å². The smallest absolute Gasteiger partial charge is 0.171 e. The Bertz CT molecular complexity index is 859. The van der Waals surface area contributed by atoms with Gasteiger partial charge in [-0.2, -0.15) is 0 Å². The van der Waals surface area contributed by atoms with Crippen LogP contribution in [0.1, 0.15) is 90.0 Å². The largest absolute Gasteiger partial charge is 0.394 e. The van der Waals surface area contributed by atoms with Gasteiger partial charge < -0.3 is 20.3 Å². The zero-order chi connectivity index (χ0) is 28.9. The molecule has 2 fully saturated rings. The molecule has 4 atom stereocenters. The van der Waals surface area contributed by atoms with Crippen LogP contribution in [0.15, 0.2) is 55.1 Å². The van der Waals surface area contributed by atoms with Crippen LogP contribution in [0.2, 0.25) is 5.02 Å². The minimum Gasteiger partial charge on any atom is -0.394 e. The predicted molar refractivity (Wildman–Crippen MR) is 158 cm³/mol. The molecule has 5 nitrogen and oxygen atoms in total. The number of hydrogen-bond donors (Lipinski definition) is 3. The van der Waals surface area contributed by atoms with Crippen LogP contribution in [0, 0.1) is 0 Å². The Labute approximate surface area is 234 Å². The first kappa shape index (κ1) is 36.0. The second-order valence-corrected chi connectivity index (χ2v) is 8.65. The van der Waals surface area contributed by atoms with Crippen molar-refractivity contribution in [2.45, 2.75) is 98.0 Å². The minimum atomic E-state index is -0.497. The molecule has 4 rings (SSSR count). The van der Waals surface area contributed by atoms with Gasteiger partial charge in [0, 0.05) is 28.4 Å². The Morgan fingerprint density at radius 3 is 2.24 bits per heavy atom. The van der Waals surface area contributed by atoms with E-state index >= 15 is 0 Å². The standard InChI is InChI=1S/C19H20ClFO4.C6H11N.3C2H6/c20-18-6-3-13(19-10-15(23)9-17(11-22)24-19)8-14(18)7-12-1-4-16(25-21)5-2-12;1-2-6-4-3-5-7-6;3*1-2/h1-6,8,15,17,19,22-23H,7,9-11H2;2,6-7H,1,3-5H2;3*1-2H3/t15-,17-,19+;6-;;;/m01.../s1. The van der Waals surface area contributed by atoms with Crippen molar-refractivity contribution in [3.63, 3.8) is 0 Å². The topological polar surface area (TPSA) is 71.0 Å². The van der Waals surface area contributed by atoms with Crippen LogP contribution in [0.5, 0.6) is 5.75 Å². The van der Waals surface area contributed by atoms with Gasteiger partial charge in [0.2, 0.25) is 0 Å². The van der Waals surface area contributed by atoms with Crippen LogP contribution >= 0.6 is 11.6 Å². The summed E-state index contributed by atoms with van der Waals surface area (Å²) >= 11 is 6.31. The number of benzene rings is 2. The highest BCUT2D eigenvalue weighted by Gasteiger charge is 2.29. The molecule has 0 unspecified atom stereocenters. The van der Waals surface area contributed by atoms with Crippen molar-refractivity contribution in [3.05, 3.63) is 76.8 Å². The lowest BCUT2D eigenvalue weighted by Crippen LogP contribution is -2.33. The van der Waals surface area contributed by atoms with Crippen molar-refractivity contribution >= 4 is 11.6 Å². The zero-order valence-corrected chi connectivity index (χ0v) is 24.8. The third-order valence-electron chi connectivity index (χ3n) is 5.81. The fraction of sp³-hybridized carbons (Fsp3) is 0.548. The lowest BCUT2D eigenvalue weighted by molar-refractivity contribution is -0.113. The number of hydrogen-bond acceptors (Lipinski definition) is 5. The van der Waals surface area contributed by atoms with Crippen LogP contribution in [0.25, 0.3) is 0 Å². The van der Waals surface area contributed by atoms with Crippen molar-refractivity contribution in [1.82, 2.24) is 5.32 Å². The van der Waals surface area contributed by atoms with Gasteiger partial charge >= 0.3 is 0 Å². The number of ether oxygens (including phenoxy) is 1. The highest BCUT2D eigenvalue weighted by Crippen LogP contribution is 2.33. The van der Waals surface area contributed by atoms with E-state index in [1.165, 1.54) is 19.4 Å². The SMILES string of the molecule is C=C[C@@H]1CCCN1.CC.CC.CC.OC[C@@H]1C[C@H](O)C[C@H](c2ccc(Cl)c(Cc3ccc(OF)cc3)c2)O1. The van der Waals surface area contributed by atoms with Crippen LogP contribution < -0.4 is 10.3 Å². The number of aliphatic hydroxyl groups excluding tert-OH is 2. The summed E-state index contributed by atoms with van der Waals surface area (Å²) in [7, 11) is 0. The van der Waals surface area contributed by atoms with E-state index in [4.69, 9.17) is 16.3 Å². The van der Waals surface area contributed by atoms with Gasteiger partial charge in [0.25, 0.3) is 0 Å². The summed E-state index contributed by atoms with van der Waals surface area (Å²) in [6.07, 6.45) is 4.95. The van der Waals surface area contributed by atoms with Gasteiger partial charge in [-0.3, -0.25) is 4.94 Å². The normalized spacial score (nSPS) is 21.5. The molecule has 0 aromatic heterocycles. The van der Waals surface area contributed by atoms with Gasteiger partial charge in [-0.25, -0.2) is 0 Å². The van der Waals surface area contributed by atoms with Gasteiger partial charge in [-0.1, -0.05) is 83.5 Å². The van der Waals surface area contributed by atoms with Crippen molar-refractivity contribution < 1.29 is 24.4 Å². The molecule has 0 spiro atoms. The maximum absolute atomic E-state index is 12.1. The minimum absolute atomic E-state index is 0.114. The van der Waals surface area contributed by atoms with Crippen molar-refractivity contribution in [3.8, 4) is 5.75 Å². The third kappa shape index (κ3) is 12.7. The molecule has 2 aromatic carbocycles. The van der Waals surface area contributed by atoms with E-state index in [9.17, 15) is 14.7 Å². The fourth-order valence-electron chi connectivity index (χ4n) is 4.04. The van der Waals surface area contributed by atoms with Crippen molar-refractivity contribution in [1.29, 1.82) is 0 Å². The fourth-order valence-corrected chi connectivity index (χ4v) is 4.23. The van der Waals surface area contributed by atoms with Crippen LogP contribution in [-0.2, 0) is 11.2 Å². The van der Waals surface area contributed by atoms with Gasteiger partial charge in [-0.15, -0.1) is 6.58 Å². The van der Waals surface area contributed by atoms with Gasteiger partial charge in [-0.05, 0) is 60.7 Å². The van der Waals surface area contributed by atoms with Crippen LogP contribution in [0.3, 0.4) is 0 Å². The first-order valence-corrected chi connectivity index (χ1v) is 14.4. The summed E-state index contributed by atoms with van der Waals surface area (Å²) in [5.74, 6) is 0.156. The molecule has 0 aliphatic carbocycles. The maximum atomic E-state index is 12.1. The van der Waals surface area contributed by atoms with E-state index in [-0.39, 0.29) is 24.6 Å². The molecule has 2 aliphatic rings. The highest BCUT2D eigenvalue weighted by molar-refractivity contribution is 6.31. The molecule has 216 valence electrons. The Morgan fingerprint density at radius 1 is 1.08 bits per heavy atom. The first-order chi connectivity index (χ1) is 18.5. The number of aliphatic hydroxyl groups is 2. The van der Waals surface area contributed by atoms with E-state index in [0.717, 1.165) is 16.7 Å². The summed E-state index contributed by atoms with van der Waals surface area (Å²) in [4.78, 5) is 3.69. The average Bonchev–Trinajstić information content (AvgIpc) is 3.52. The second kappa shape index (κ2) is 21.9. The van der Waals surface area contributed by atoms with Crippen LogP contribution in [0.4, 0.5) is 4.53 Å². The number of nitrogens with one attached hydrogen (secondary N) is 1. The molecule has 0 amide bonds. The van der Waals surface area contributed by atoms with E-state index in [2.05, 4.69) is 16.8 Å². The van der Waals surface area contributed by atoms with Crippen molar-refractivity contribution in [2.75, 3.05) is 13.2 Å². The summed E-state index contributed by atoms with van der Waals surface area (Å²) in [5.41, 5.74) is 2.80. The maximum Gasteiger partial charge on any atom is 0.171 e. The summed E-state index contributed by atoms with van der Waals surface area (Å²) in [6.45, 7) is 16.7. The first-order valence-electron chi connectivity index (χ1n) is 14.0. The van der Waals surface area contributed by atoms with E-state index in [0.29, 0.717) is 30.3 Å². The molecule has 0 bridgehead atoms. The van der Waals surface area contributed by atoms with Gasteiger partial charge in [0.1, 0.15) is 0 Å². The quantitative estimate of drug-likeness (QED) is 0.319. The second-order valence-electron chi connectivity index (χ2n) is 8.24. The Kier molecular flexibility index (Phi) is 20.8. The Morgan fingerprint density at radius 2 is 1.74 bits per heavy atom. The van der Waals surface area contributed by atoms with Gasteiger partial charge in [0.05, 0.1) is 24.9 Å². The molecule has 3 N–H and O–H groups in total. The van der Waals surface area contributed by atoms with E-state index < -0.39 is 6.10 Å².